The number of nitrogens with zero attached hydrogens (tertiary/aromatic N) is 1. The molecular weight excluding hydrogens is 178 g/mol. The van der Waals surface area contributed by atoms with Gasteiger partial charge in [-0.25, -0.2) is 4.98 Å². The molecule has 0 aliphatic carbocycles. The van der Waals surface area contributed by atoms with Crippen LogP contribution < -0.4 is 0 Å². The number of aromatic hydroxyl groups is 1. The standard InChI is InChI=1S/C11H13NO2/c1-2-3-4-11-12-9-7-8(13)5-6-10(9)14-11/h5-7,13H,2-4H2,1H3. The number of hydrogen-bond acceptors (Lipinski definition) is 3. The van der Waals surface area contributed by atoms with Crippen LogP contribution in [0.2, 0.25) is 0 Å². The molecule has 0 saturated heterocycles. The van der Waals surface area contributed by atoms with Gasteiger partial charge < -0.3 is 9.52 Å². The van der Waals surface area contributed by atoms with Gasteiger partial charge in [0.2, 0.25) is 0 Å². The molecule has 2 rings (SSSR count). The van der Waals surface area contributed by atoms with Gasteiger partial charge in [0.1, 0.15) is 11.3 Å². The summed E-state index contributed by atoms with van der Waals surface area (Å²) < 4.78 is 5.50. The molecule has 0 aliphatic rings. The van der Waals surface area contributed by atoms with Crippen LogP contribution in [-0.2, 0) is 6.42 Å². The largest absolute Gasteiger partial charge is 0.508 e. The molecule has 0 fully saturated rings. The lowest BCUT2D eigenvalue weighted by Crippen LogP contribution is -1.82. The third kappa shape index (κ3) is 1.71. The van der Waals surface area contributed by atoms with Gasteiger partial charge in [0.25, 0.3) is 0 Å². The molecular formula is C11H13NO2. The Bertz CT molecular complexity index is 434. The number of oxazole rings is 1. The Labute approximate surface area is 82.4 Å². The van der Waals surface area contributed by atoms with E-state index in [2.05, 4.69) is 11.9 Å². The fourth-order valence-electron chi connectivity index (χ4n) is 1.40. The monoisotopic (exact) mass is 191 g/mol. The van der Waals surface area contributed by atoms with Gasteiger partial charge in [0.15, 0.2) is 11.5 Å². The van der Waals surface area contributed by atoms with E-state index in [-0.39, 0.29) is 5.75 Å². The normalized spacial score (nSPS) is 10.9. The molecule has 0 aliphatic heterocycles. The molecule has 0 atom stereocenters. The Morgan fingerprint density at radius 1 is 1.43 bits per heavy atom. The van der Waals surface area contributed by atoms with Crippen LogP contribution in [0.15, 0.2) is 22.6 Å². The predicted molar refractivity (Wildman–Crippen MR) is 54.3 cm³/mol. The number of fused-ring (bicyclic) bond motifs is 1. The maximum atomic E-state index is 9.23. The zero-order valence-corrected chi connectivity index (χ0v) is 8.16. The zero-order chi connectivity index (χ0) is 9.97. The van der Waals surface area contributed by atoms with Crippen LogP contribution in [0.3, 0.4) is 0 Å². The number of hydrogen-bond donors (Lipinski definition) is 1. The summed E-state index contributed by atoms with van der Waals surface area (Å²) in [5.74, 6) is 0.986. The molecule has 1 heterocycles. The van der Waals surface area contributed by atoms with Crippen molar-refractivity contribution in [2.45, 2.75) is 26.2 Å². The van der Waals surface area contributed by atoms with E-state index in [4.69, 9.17) is 4.42 Å². The molecule has 2 aromatic rings. The fraction of sp³-hybridized carbons (Fsp3) is 0.364. The van der Waals surface area contributed by atoms with Crippen LogP contribution in [0.1, 0.15) is 25.7 Å². The molecule has 1 N–H and O–H groups in total. The number of unbranched alkanes of at least 4 members (excludes halogenated alkanes) is 1. The number of aryl methyl sites for hydroxylation is 1. The van der Waals surface area contributed by atoms with E-state index in [9.17, 15) is 5.11 Å². The van der Waals surface area contributed by atoms with E-state index in [1.807, 2.05) is 0 Å². The van der Waals surface area contributed by atoms with Gasteiger partial charge in [0, 0.05) is 12.5 Å². The molecule has 0 amide bonds. The first-order chi connectivity index (χ1) is 6.79. The number of phenolic OH excluding ortho intramolecular Hbond substituents is 1. The topological polar surface area (TPSA) is 46.3 Å². The quantitative estimate of drug-likeness (QED) is 0.811. The van der Waals surface area contributed by atoms with E-state index in [0.29, 0.717) is 0 Å². The highest BCUT2D eigenvalue weighted by Crippen LogP contribution is 2.21. The first-order valence-corrected chi connectivity index (χ1v) is 4.88. The Hall–Kier alpha value is -1.51. The summed E-state index contributed by atoms with van der Waals surface area (Å²) in [6, 6.07) is 4.97. The van der Waals surface area contributed by atoms with E-state index < -0.39 is 0 Å². The second-order valence-corrected chi connectivity index (χ2v) is 3.36. The van der Waals surface area contributed by atoms with Crippen molar-refractivity contribution in [1.29, 1.82) is 0 Å². The van der Waals surface area contributed by atoms with Gasteiger partial charge in [-0.3, -0.25) is 0 Å². The minimum absolute atomic E-state index is 0.229. The first kappa shape index (κ1) is 9.06. The Morgan fingerprint density at radius 3 is 3.07 bits per heavy atom. The highest BCUT2D eigenvalue weighted by molar-refractivity contribution is 5.74. The SMILES string of the molecule is CCCCc1nc2cc(O)ccc2o1. The second-order valence-electron chi connectivity index (χ2n) is 3.36. The molecule has 0 bridgehead atoms. The summed E-state index contributed by atoms with van der Waals surface area (Å²) in [7, 11) is 0. The van der Waals surface area contributed by atoms with Crippen LogP contribution in [0.25, 0.3) is 11.1 Å². The third-order valence-corrected chi connectivity index (χ3v) is 2.16. The van der Waals surface area contributed by atoms with Gasteiger partial charge in [-0.15, -0.1) is 0 Å². The van der Waals surface area contributed by atoms with Gasteiger partial charge in [0.05, 0.1) is 0 Å². The van der Waals surface area contributed by atoms with Gasteiger partial charge in [-0.1, -0.05) is 13.3 Å². The Kier molecular flexibility index (Phi) is 2.39. The fourth-order valence-corrected chi connectivity index (χ4v) is 1.40. The van der Waals surface area contributed by atoms with Gasteiger partial charge >= 0.3 is 0 Å². The van der Waals surface area contributed by atoms with Crippen LogP contribution in [0.5, 0.6) is 5.75 Å². The maximum absolute atomic E-state index is 9.23. The van der Waals surface area contributed by atoms with Crippen molar-refractivity contribution in [3.05, 3.63) is 24.1 Å². The summed E-state index contributed by atoms with van der Waals surface area (Å²) in [5, 5.41) is 9.23. The average molecular weight is 191 g/mol. The van der Waals surface area contributed by atoms with E-state index in [1.54, 1.807) is 18.2 Å². The van der Waals surface area contributed by atoms with Crippen molar-refractivity contribution >= 4 is 11.1 Å². The second kappa shape index (κ2) is 3.70. The summed E-state index contributed by atoms with van der Waals surface area (Å²) in [5.41, 5.74) is 1.48. The molecule has 14 heavy (non-hydrogen) atoms. The third-order valence-electron chi connectivity index (χ3n) is 2.16. The van der Waals surface area contributed by atoms with E-state index in [1.165, 1.54) is 0 Å². The summed E-state index contributed by atoms with van der Waals surface area (Å²) in [4.78, 5) is 4.28. The first-order valence-electron chi connectivity index (χ1n) is 4.88. The molecule has 74 valence electrons. The molecule has 0 saturated carbocycles. The van der Waals surface area contributed by atoms with Crippen molar-refractivity contribution in [3.63, 3.8) is 0 Å². The number of rotatable bonds is 3. The molecule has 0 unspecified atom stereocenters. The minimum atomic E-state index is 0.229. The average Bonchev–Trinajstić information content (AvgIpc) is 2.56. The highest BCUT2D eigenvalue weighted by Gasteiger charge is 2.05. The number of aromatic nitrogens is 1. The van der Waals surface area contributed by atoms with Crippen molar-refractivity contribution in [2.75, 3.05) is 0 Å². The molecule has 3 heteroatoms. The van der Waals surface area contributed by atoms with E-state index >= 15 is 0 Å². The summed E-state index contributed by atoms with van der Waals surface area (Å²) in [6.07, 6.45) is 3.08. The molecule has 1 aromatic carbocycles. The van der Waals surface area contributed by atoms with Crippen molar-refractivity contribution in [1.82, 2.24) is 4.98 Å². The molecule has 3 nitrogen and oxygen atoms in total. The molecule has 0 radical (unpaired) electrons. The lowest BCUT2D eigenvalue weighted by molar-refractivity contribution is 0.475. The predicted octanol–water partition coefficient (Wildman–Crippen LogP) is 2.88. The van der Waals surface area contributed by atoms with Crippen molar-refractivity contribution in [3.8, 4) is 5.75 Å². The molecule has 0 spiro atoms. The maximum Gasteiger partial charge on any atom is 0.195 e. The highest BCUT2D eigenvalue weighted by atomic mass is 16.3. The van der Waals surface area contributed by atoms with E-state index in [0.717, 1.165) is 36.3 Å². The number of benzene rings is 1. The molecule has 1 aromatic heterocycles. The lowest BCUT2D eigenvalue weighted by Gasteiger charge is -1.89. The minimum Gasteiger partial charge on any atom is -0.508 e. The van der Waals surface area contributed by atoms with Crippen LogP contribution in [0, 0.1) is 0 Å². The Balaban J connectivity index is 2.32. The van der Waals surface area contributed by atoms with Crippen LogP contribution >= 0.6 is 0 Å². The smallest absolute Gasteiger partial charge is 0.195 e. The Morgan fingerprint density at radius 2 is 2.29 bits per heavy atom. The van der Waals surface area contributed by atoms with Crippen LogP contribution in [-0.4, -0.2) is 10.1 Å². The van der Waals surface area contributed by atoms with Gasteiger partial charge in [-0.2, -0.15) is 0 Å². The van der Waals surface area contributed by atoms with Crippen molar-refractivity contribution < 1.29 is 9.52 Å². The number of phenols is 1. The summed E-state index contributed by atoms with van der Waals surface area (Å²) >= 11 is 0. The summed E-state index contributed by atoms with van der Waals surface area (Å²) in [6.45, 7) is 2.13. The van der Waals surface area contributed by atoms with Gasteiger partial charge in [-0.05, 0) is 18.6 Å². The van der Waals surface area contributed by atoms with Crippen molar-refractivity contribution in [2.24, 2.45) is 0 Å². The zero-order valence-electron chi connectivity index (χ0n) is 8.16. The lowest BCUT2D eigenvalue weighted by atomic mass is 10.2. The van der Waals surface area contributed by atoms with Crippen LogP contribution in [0.4, 0.5) is 0 Å².